The van der Waals surface area contributed by atoms with Gasteiger partial charge in [-0.2, -0.15) is 13.2 Å². The molecule has 1 fully saturated rings. The normalized spacial score (nSPS) is 21.8. The van der Waals surface area contributed by atoms with Crippen LogP contribution in [0.15, 0.2) is 30.3 Å². The van der Waals surface area contributed by atoms with E-state index in [4.69, 9.17) is 0 Å². The van der Waals surface area contributed by atoms with E-state index in [-0.39, 0.29) is 11.5 Å². The maximum Gasteiger partial charge on any atom is 0.407 e. The molecule has 2 N–H and O–H groups in total. The van der Waals surface area contributed by atoms with Gasteiger partial charge in [-0.3, -0.25) is 10.1 Å². The van der Waals surface area contributed by atoms with Crippen molar-refractivity contribution in [1.82, 2.24) is 10.6 Å². The zero-order valence-electron chi connectivity index (χ0n) is 10.2. The Hall–Kier alpha value is -1.56. The Morgan fingerprint density at radius 1 is 1.26 bits per heavy atom. The number of piperidine rings is 1. The van der Waals surface area contributed by atoms with E-state index in [0.717, 1.165) is 0 Å². The monoisotopic (exact) mass is 272 g/mol. The lowest BCUT2D eigenvalue weighted by molar-refractivity contribution is -0.161. The highest BCUT2D eigenvalue weighted by Crippen LogP contribution is 2.33. The molecule has 19 heavy (non-hydrogen) atoms. The fraction of sp³-hybridized carbons (Fsp3) is 0.462. The largest absolute Gasteiger partial charge is 0.407 e. The van der Waals surface area contributed by atoms with E-state index in [1.54, 1.807) is 18.2 Å². The molecule has 1 aromatic rings. The summed E-state index contributed by atoms with van der Waals surface area (Å²) in [5.41, 5.74) is 0.119. The third-order valence-electron chi connectivity index (χ3n) is 3.11. The van der Waals surface area contributed by atoms with Crippen molar-refractivity contribution < 1.29 is 18.0 Å². The lowest BCUT2D eigenvalue weighted by atomic mass is 10.0. The van der Waals surface area contributed by atoms with Crippen LogP contribution in [0, 0.1) is 0 Å². The van der Waals surface area contributed by atoms with Crippen LogP contribution in [0.25, 0.3) is 0 Å². The van der Waals surface area contributed by atoms with Gasteiger partial charge in [0.25, 0.3) is 0 Å². The number of carbonyl (C=O) groups is 1. The maximum atomic E-state index is 13.1. The summed E-state index contributed by atoms with van der Waals surface area (Å²) in [6, 6.07) is 4.97. The number of hydrogen-bond acceptors (Lipinski definition) is 2. The number of halogens is 3. The first kappa shape index (κ1) is 13.9. The minimum atomic E-state index is -4.43. The Morgan fingerprint density at radius 2 is 1.95 bits per heavy atom. The molecule has 1 aliphatic rings. The molecule has 1 saturated heterocycles. The fourth-order valence-corrected chi connectivity index (χ4v) is 2.16. The first-order chi connectivity index (χ1) is 8.98. The van der Waals surface area contributed by atoms with Gasteiger partial charge in [-0.15, -0.1) is 0 Å². The van der Waals surface area contributed by atoms with Crippen LogP contribution in [0.5, 0.6) is 0 Å². The van der Waals surface area contributed by atoms with Crippen molar-refractivity contribution in [3.05, 3.63) is 35.9 Å². The SMILES string of the molecule is O=C1NCCCC1NC(c1ccccc1)C(F)(F)F. The van der Waals surface area contributed by atoms with Crippen LogP contribution < -0.4 is 10.6 Å². The molecular weight excluding hydrogens is 257 g/mol. The molecule has 1 amide bonds. The molecule has 0 radical (unpaired) electrons. The van der Waals surface area contributed by atoms with Gasteiger partial charge in [0.05, 0.1) is 6.04 Å². The van der Waals surface area contributed by atoms with Gasteiger partial charge in [0.15, 0.2) is 0 Å². The zero-order chi connectivity index (χ0) is 13.9. The van der Waals surface area contributed by atoms with Gasteiger partial charge >= 0.3 is 6.18 Å². The lowest BCUT2D eigenvalue weighted by Crippen LogP contribution is -2.51. The number of alkyl halides is 3. The van der Waals surface area contributed by atoms with Crippen LogP contribution in [-0.4, -0.2) is 24.7 Å². The number of benzene rings is 1. The first-order valence-corrected chi connectivity index (χ1v) is 6.14. The Kier molecular flexibility index (Phi) is 4.09. The highest BCUT2D eigenvalue weighted by Gasteiger charge is 2.42. The standard InChI is InChI=1S/C13H15F3N2O/c14-13(15,16)11(9-5-2-1-3-6-9)18-10-7-4-8-17-12(10)19/h1-3,5-6,10-11,18H,4,7-8H2,(H,17,19). The third kappa shape index (κ3) is 3.47. The summed E-state index contributed by atoms with van der Waals surface area (Å²) in [7, 11) is 0. The molecule has 2 unspecified atom stereocenters. The van der Waals surface area contributed by atoms with Crippen molar-refractivity contribution in [2.75, 3.05) is 6.54 Å². The summed E-state index contributed by atoms with van der Waals surface area (Å²) in [5, 5.41) is 5.00. The second kappa shape index (κ2) is 5.61. The van der Waals surface area contributed by atoms with E-state index in [1.807, 2.05) is 0 Å². The molecule has 0 bridgehead atoms. The van der Waals surface area contributed by atoms with Crippen molar-refractivity contribution in [2.24, 2.45) is 0 Å². The summed E-state index contributed by atoms with van der Waals surface area (Å²) in [6.45, 7) is 0.527. The summed E-state index contributed by atoms with van der Waals surface area (Å²) in [5.74, 6) is -0.364. The van der Waals surface area contributed by atoms with Crippen molar-refractivity contribution in [2.45, 2.75) is 31.1 Å². The van der Waals surface area contributed by atoms with Crippen LogP contribution in [-0.2, 0) is 4.79 Å². The Balaban J connectivity index is 2.17. The second-order valence-corrected chi connectivity index (χ2v) is 4.54. The molecular formula is C13H15F3N2O. The summed E-state index contributed by atoms with van der Waals surface area (Å²) < 4.78 is 39.3. The van der Waals surface area contributed by atoms with Gasteiger partial charge in [-0.1, -0.05) is 30.3 Å². The molecule has 2 rings (SSSR count). The Labute approximate surface area is 109 Å². The second-order valence-electron chi connectivity index (χ2n) is 4.54. The zero-order valence-corrected chi connectivity index (χ0v) is 10.2. The predicted molar refractivity (Wildman–Crippen MR) is 64.4 cm³/mol. The van der Waals surface area contributed by atoms with Crippen molar-refractivity contribution in [1.29, 1.82) is 0 Å². The topological polar surface area (TPSA) is 41.1 Å². The van der Waals surface area contributed by atoms with E-state index in [9.17, 15) is 18.0 Å². The molecule has 0 spiro atoms. The van der Waals surface area contributed by atoms with Gasteiger partial charge in [-0.25, -0.2) is 0 Å². The number of hydrogen-bond donors (Lipinski definition) is 2. The summed E-state index contributed by atoms with van der Waals surface area (Å²) in [6.07, 6.45) is -3.33. The van der Waals surface area contributed by atoms with Crippen LogP contribution >= 0.6 is 0 Å². The fourth-order valence-electron chi connectivity index (χ4n) is 2.16. The average molecular weight is 272 g/mol. The van der Waals surface area contributed by atoms with Crippen LogP contribution in [0.1, 0.15) is 24.4 Å². The van der Waals surface area contributed by atoms with E-state index in [2.05, 4.69) is 10.6 Å². The highest BCUT2D eigenvalue weighted by molar-refractivity contribution is 5.82. The van der Waals surface area contributed by atoms with Crippen molar-refractivity contribution >= 4 is 5.91 Å². The summed E-state index contributed by atoms with van der Waals surface area (Å²) in [4.78, 5) is 11.5. The quantitative estimate of drug-likeness (QED) is 0.885. The number of rotatable bonds is 3. The van der Waals surface area contributed by atoms with Gasteiger partial charge in [0, 0.05) is 6.54 Å². The third-order valence-corrected chi connectivity index (χ3v) is 3.11. The molecule has 0 aliphatic carbocycles. The van der Waals surface area contributed by atoms with Crippen LogP contribution in [0.2, 0.25) is 0 Å². The smallest absolute Gasteiger partial charge is 0.355 e. The predicted octanol–water partition coefficient (Wildman–Crippen LogP) is 2.16. The van der Waals surface area contributed by atoms with E-state index in [1.165, 1.54) is 12.1 Å². The average Bonchev–Trinajstić information content (AvgIpc) is 2.37. The lowest BCUT2D eigenvalue weighted by Gasteiger charge is -2.29. The maximum absolute atomic E-state index is 13.1. The minimum absolute atomic E-state index is 0.119. The van der Waals surface area contributed by atoms with Crippen molar-refractivity contribution in [3.63, 3.8) is 0 Å². The van der Waals surface area contributed by atoms with Crippen molar-refractivity contribution in [3.8, 4) is 0 Å². The number of carbonyl (C=O) groups excluding carboxylic acids is 1. The number of amides is 1. The molecule has 0 saturated carbocycles. The molecule has 1 aromatic carbocycles. The summed E-state index contributed by atoms with van der Waals surface area (Å²) >= 11 is 0. The molecule has 3 nitrogen and oxygen atoms in total. The van der Waals surface area contributed by atoms with Crippen LogP contribution in [0.3, 0.4) is 0 Å². The van der Waals surface area contributed by atoms with Gasteiger partial charge in [-0.05, 0) is 18.4 Å². The van der Waals surface area contributed by atoms with E-state index in [0.29, 0.717) is 19.4 Å². The molecule has 2 atom stereocenters. The molecule has 0 aromatic heterocycles. The molecule has 6 heteroatoms. The Morgan fingerprint density at radius 3 is 2.53 bits per heavy atom. The van der Waals surface area contributed by atoms with Crippen LogP contribution in [0.4, 0.5) is 13.2 Å². The van der Waals surface area contributed by atoms with Gasteiger partial charge in [0.1, 0.15) is 6.04 Å². The molecule has 104 valence electrons. The van der Waals surface area contributed by atoms with Gasteiger partial charge < -0.3 is 5.32 Å². The van der Waals surface area contributed by atoms with Gasteiger partial charge in [0.2, 0.25) is 5.91 Å². The highest BCUT2D eigenvalue weighted by atomic mass is 19.4. The van der Waals surface area contributed by atoms with E-state index >= 15 is 0 Å². The minimum Gasteiger partial charge on any atom is -0.355 e. The number of nitrogens with one attached hydrogen (secondary N) is 2. The molecule has 1 heterocycles. The van der Waals surface area contributed by atoms with E-state index < -0.39 is 18.3 Å². The Bertz CT molecular complexity index is 433. The molecule has 1 aliphatic heterocycles. The first-order valence-electron chi connectivity index (χ1n) is 6.14.